The van der Waals surface area contributed by atoms with Gasteiger partial charge < -0.3 is 5.32 Å². The van der Waals surface area contributed by atoms with Crippen LogP contribution in [0.1, 0.15) is 35.7 Å². The van der Waals surface area contributed by atoms with E-state index in [1.54, 1.807) is 0 Å². The molecule has 4 heteroatoms. The van der Waals surface area contributed by atoms with Crippen molar-refractivity contribution in [3.63, 3.8) is 0 Å². The van der Waals surface area contributed by atoms with Crippen LogP contribution < -0.4 is 5.32 Å². The highest BCUT2D eigenvalue weighted by molar-refractivity contribution is 9.10. The van der Waals surface area contributed by atoms with Crippen molar-refractivity contribution in [2.45, 2.75) is 32.6 Å². The number of piperidine rings is 1. The second-order valence-electron chi connectivity index (χ2n) is 5.50. The zero-order chi connectivity index (χ0) is 14.1. The molecular weight excluding hydrogens is 314 g/mol. The molecule has 0 unspecified atom stereocenters. The molecule has 1 aliphatic rings. The van der Waals surface area contributed by atoms with Crippen molar-refractivity contribution in [2.24, 2.45) is 0 Å². The Bertz CT molecular complexity index is 612. The minimum absolute atomic E-state index is 0.650. The van der Waals surface area contributed by atoms with Crippen molar-refractivity contribution < 1.29 is 0 Å². The van der Waals surface area contributed by atoms with Crippen LogP contribution in [0.5, 0.6) is 0 Å². The van der Waals surface area contributed by atoms with Crippen LogP contribution in [0.15, 0.2) is 28.7 Å². The van der Waals surface area contributed by atoms with Gasteiger partial charge in [-0.15, -0.1) is 0 Å². The predicted molar refractivity (Wildman–Crippen MR) is 85.6 cm³/mol. The third kappa shape index (κ3) is 2.54. The summed E-state index contributed by atoms with van der Waals surface area (Å²) in [6.07, 6.45) is 2.43. The molecule has 106 valence electrons. The monoisotopic (exact) mass is 333 g/mol. The molecule has 3 rings (SSSR count). The molecule has 2 heterocycles. The summed E-state index contributed by atoms with van der Waals surface area (Å²) >= 11 is 3.54. The lowest BCUT2D eigenvalue weighted by Gasteiger charge is -2.23. The number of halogens is 1. The molecule has 0 amide bonds. The van der Waals surface area contributed by atoms with E-state index in [-0.39, 0.29) is 0 Å². The van der Waals surface area contributed by atoms with Crippen molar-refractivity contribution >= 4 is 15.9 Å². The molecule has 1 saturated heterocycles. The standard InChI is InChI=1S/C16H20BrN3/c1-11-16(13-6-8-18-9-7-13)12(2)20(19-11)15-5-3-4-14(17)10-15/h3-5,10,13,18H,6-9H2,1-2H3. The Hall–Kier alpha value is -1.13. The third-order valence-corrected chi connectivity index (χ3v) is 4.64. The maximum absolute atomic E-state index is 4.77. The zero-order valence-corrected chi connectivity index (χ0v) is 13.6. The first-order chi connectivity index (χ1) is 9.66. The fourth-order valence-electron chi connectivity index (χ4n) is 3.22. The molecule has 3 nitrogen and oxygen atoms in total. The average Bonchev–Trinajstić information content (AvgIpc) is 2.75. The van der Waals surface area contributed by atoms with Gasteiger partial charge in [0.25, 0.3) is 0 Å². The normalized spacial score (nSPS) is 16.6. The van der Waals surface area contributed by atoms with Crippen LogP contribution >= 0.6 is 15.9 Å². The van der Waals surface area contributed by atoms with E-state index in [2.05, 4.69) is 58.0 Å². The summed E-state index contributed by atoms with van der Waals surface area (Å²) in [5.41, 5.74) is 5.04. The van der Waals surface area contributed by atoms with Crippen molar-refractivity contribution in [3.8, 4) is 5.69 Å². The molecule has 2 aromatic rings. The van der Waals surface area contributed by atoms with Gasteiger partial charge in [-0.3, -0.25) is 0 Å². The van der Waals surface area contributed by atoms with Crippen LogP contribution in [0, 0.1) is 13.8 Å². The first kappa shape index (κ1) is 13.8. The largest absolute Gasteiger partial charge is 0.317 e. The quantitative estimate of drug-likeness (QED) is 0.907. The maximum Gasteiger partial charge on any atom is 0.0660 e. The fourth-order valence-corrected chi connectivity index (χ4v) is 3.60. The van der Waals surface area contributed by atoms with Crippen molar-refractivity contribution in [1.82, 2.24) is 15.1 Å². The van der Waals surface area contributed by atoms with E-state index in [9.17, 15) is 0 Å². The lowest BCUT2D eigenvalue weighted by Crippen LogP contribution is -2.27. The minimum atomic E-state index is 0.650. The molecular formula is C16H20BrN3. The summed E-state index contributed by atoms with van der Waals surface area (Å²) in [4.78, 5) is 0. The lowest BCUT2D eigenvalue weighted by molar-refractivity contribution is 0.458. The summed E-state index contributed by atoms with van der Waals surface area (Å²) in [6.45, 7) is 6.56. The van der Waals surface area contributed by atoms with Crippen LogP contribution in [-0.4, -0.2) is 22.9 Å². The Morgan fingerprint density at radius 3 is 2.70 bits per heavy atom. The van der Waals surface area contributed by atoms with Gasteiger partial charge in [0.2, 0.25) is 0 Å². The third-order valence-electron chi connectivity index (χ3n) is 4.15. The molecule has 0 aliphatic carbocycles. The summed E-state index contributed by atoms with van der Waals surface area (Å²) < 4.78 is 3.17. The number of benzene rings is 1. The SMILES string of the molecule is Cc1nn(-c2cccc(Br)c2)c(C)c1C1CCNCC1. The van der Waals surface area contributed by atoms with Crippen LogP contribution in [-0.2, 0) is 0 Å². The number of hydrogen-bond donors (Lipinski definition) is 1. The Morgan fingerprint density at radius 2 is 2.00 bits per heavy atom. The van der Waals surface area contributed by atoms with E-state index in [0.29, 0.717) is 5.92 Å². The van der Waals surface area contributed by atoms with E-state index in [4.69, 9.17) is 5.10 Å². The van der Waals surface area contributed by atoms with Gasteiger partial charge in [-0.05, 0) is 69.5 Å². The number of aromatic nitrogens is 2. The number of hydrogen-bond acceptors (Lipinski definition) is 2. The highest BCUT2D eigenvalue weighted by atomic mass is 79.9. The van der Waals surface area contributed by atoms with E-state index in [0.717, 1.165) is 23.2 Å². The molecule has 0 spiro atoms. The van der Waals surface area contributed by atoms with Crippen molar-refractivity contribution in [1.29, 1.82) is 0 Å². The lowest BCUT2D eigenvalue weighted by atomic mass is 9.89. The number of aryl methyl sites for hydroxylation is 1. The molecule has 0 bridgehead atoms. The van der Waals surface area contributed by atoms with Gasteiger partial charge >= 0.3 is 0 Å². The molecule has 0 radical (unpaired) electrons. The van der Waals surface area contributed by atoms with E-state index < -0.39 is 0 Å². The number of nitrogens with zero attached hydrogens (tertiary/aromatic N) is 2. The van der Waals surface area contributed by atoms with Gasteiger partial charge in [0.1, 0.15) is 0 Å². The van der Waals surface area contributed by atoms with Gasteiger partial charge in [0.15, 0.2) is 0 Å². The maximum atomic E-state index is 4.77. The van der Waals surface area contributed by atoms with Gasteiger partial charge in [-0.1, -0.05) is 22.0 Å². The van der Waals surface area contributed by atoms with E-state index in [1.807, 2.05) is 6.07 Å². The topological polar surface area (TPSA) is 29.9 Å². The van der Waals surface area contributed by atoms with Gasteiger partial charge in [0.05, 0.1) is 11.4 Å². The smallest absolute Gasteiger partial charge is 0.0660 e. The van der Waals surface area contributed by atoms with Crippen LogP contribution in [0.2, 0.25) is 0 Å². The summed E-state index contributed by atoms with van der Waals surface area (Å²) in [6, 6.07) is 8.32. The van der Waals surface area contributed by atoms with Crippen LogP contribution in [0.25, 0.3) is 5.69 Å². The van der Waals surface area contributed by atoms with E-state index in [1.165, 1.54) is 29.8 Å². The first-order valence-corrected chi connectivity index (χ1v) is 7.99. The average molecular weight is 334 g/mol. The Labute approximate surface area is 128 Å². The zero-order valence-electron chi connectivity index (χ0n) is 12.0. The fraction of sp³-hybridized carbons (Fsp3) is 0.438. The van der Waals surface area contributed by atoms with Crippen LogP contribution in [0.4, 0.5) is 0 Å². The predicted octanol–water partition coefficient (Wildman–Crippen LogP) is 3.72. The molecule has 1 aromatic heterocycles. The van der Waals surface area contributed by atoms with Crippen molar-refractivity contribution in [2.75, 3.05) is 13.1 Å². The van der Waals surface area contributed by atoms with Gasteiger partial charge in [0, 0.05) is 10.2 Å². The molecule has 0 atom stereocenters. The Morgan fingerprint density at radius 1 is 1.25 bits per heavy atom. The summed E-state index contributed by atoms with van der Waals surface area (Å²) in [5.74, 6) is 0.650. The Kier molecular flexibility index (Phi) is 3.94. The van der Waals surface area contributed by atoms with Crippen LogP contribution in [0.3, 0.4) is 0 Å². The highest BCUT2D eigenvalue weighted by Gasteiger charge is 2.23. The molecule has 1 N–H and O–H groups in total. The summed E-state index contributed by atoms with van der Waals surface area (Å²) in [7, 11) is 0. The summed E-state index contributed by atoms with van der Waals surface area (Å²) in [5, 5.41) is 8.21. The van der Waals surface area contributed by atoms with Gasteiger partial charge in [-0.25, -0.2) is 4.68 Å². The second-order valence-corrected chi connectivity index (χ2v) is 6.42. The molecule has 1 aliphatic heterocycles. The number of nitrogens with one attached hydrogen (secondary N) is 1. The molecule has 0 saturated carbocycles. The second kappa shape index (κ2) is 5.70. The molecule has 1 aromatic carbocycles. The highest BCUT2D eigenvalue weighted by Crippen LogP contribution is 2.31. The van der Waals surface area contributed by atoms with Gasteiger partial charge in [-0.2, -0.15) is 5.10 Å². The first-order valence-electron chi connectivity index (χ1n) is 7.19. The van der Waals surface area contributed by atoms with E-state index >= 15 is 0 Å². The molecule has 1 fully saturated rings. The Balaban J connectivity index is 2.02. The van der Waals surface area contributed by atoms with Crippen molar-refractivity contribution in [3.05, 3.63) is 45.7 Å². The minimum Gasteiger partial charge on any atom is -0.317 e. The molecule has 20 heavy (non-hydrogen) atoms. The number of rotatable bonds is 2.